The molecule has 0 radical (unpaired) electrons. The van der Waals surface area contributed by atoms with E-state index < -0.39 is 35.5 Å². The summed E-state index contributed by atoms with van der Waals surface area (Å²) in [6.07, 6.45) is -3.09. The molecular weight excluding hydrogens is 795 g/mol. The number of morpholine rings is 1. The lowest BCUT2D eigenvalue weighted by molar-refractivity contribution is -0.151. The predicted molar refractivity (Wildman–Crippen MR) is 213 cm³/mol. The fourth-order valence-electron chi connectivity index (χ4n) is 9.01. The molecule has 5 aliphatic heterocycles. The van der Waals surface area contributed by atoms with E-state index in [1.807, 2.05) is 24.3 Å². The van der Waals surface area contributed by atoms with Gasteiger partial charge in [-0.25, -0.2) is 9.59 Å². The molecule has 322 valence electrons. The highest BCUT2D eigenvalue weighted by Crippen LogP contribution is 2.38. The number of hydrogen-bond donors (Lipinski definition) is 2. The Morgan fingerprint density at radius 3 is 2.34 bits per heavy atom. The number of ether oxygens (including phenoxy) is 3. The fraction of sp³-hybridized carbons (Fsp3) is 0.610. The van der Waals surface area contributed by atoms with Crippen LogP contribution in [0.25, 0.3) is 0 Å². The third-order valence-electron chi connectivity index (χ3n) is 12.3. The Labute approximate surface area is 347 Å². The summed E-state index contributed by atoms with van der Waals surface area (Å²) in [5.74, 6) is -0.777. The number of alkyl halides is 3. The first-order chi connectivity index (χ1) is 28.4. The van der Waals surface area contributed by atoms with Crippen LogP contribution in [0.4, 0.5) is 34.1 Å². The number of fused-ring (bicyclic) bond motifs is 1. The molecule has 0 spiro atoms. The molecule has 2 atom stereocenters. The minimum absolute atomic E-state index is 0.0198. The molecule has 5 heterocycles. The molecular formula is C41H53ClF3N7O7. The number of likely N-dealkylation sites (tertiary alicyclic amines) is 3. The molecule has 0 unspecified atom stereocenters. The maximum Gasteiger partial charge on any atom is 0.418 e. The van der Waals surface area contributed by atoms with E-state index in [9.17, 15) is 32.3 Å². The number of nitrogens with one attached hydrogen (secondary N) is 1. The van der Waals surface area contributed by atoms with Gasteiger partial charge in [-0.05, 0) is 80.8 Å². The van der Waals surface area contributed by atoms with Crippen LogP contribution in [0.1, 0.15) is 55.2 Å². The van der Waals surface area contributed by atoms with Crippen LogP contribution >= 0.6 is 11.6 Å². The monoisotopic (exact) mass is 847 g/mol. The van der Waals surface area contributed by atoms with Gasteiger partial charge in [-0.1, -0.05) is 29.8 Å². The molecule has 4 amide bonds. The van der Waals surface area contributed by atoms with Crippen LogP contribution in [0.2, 0.25) is 5.02 Å². The number of anilines is 2. The van der Waals surface area contributed by atoms with E-state index in [-0.39, 0.29) is 60.2 Å². The number of nitrogen functional groups attached to an aromatic ring is 1. The summed E-state index contributed by atoms with van der Waals surface area (Å²) in [5, 5.41) is 2.66. The highest BCUT2D eigenvalue weighted by molar-refractivity contribution is 6.33. The lowest BCUT2D eigenvalue weighted by Gasteiger charge is -2.40. The second-order valence-electron chi connectivity index (χ2n) is 15.9. The minimum Gasteiger partial charge on any atom is -0.463 e. The average molecular weight is 848 g/mol. The number of para-hydroxylation sites is 1. The zero-order valence-corrected chi connectivity index (χ0v) is 33.9. The molecule has 5 aliphatic rings. The van der Waals surface area contributed by atoms with Crippen LogP contribution in [0, 0.1) is 0 Å². The van der Waals surface area contributed by atoms with Crippen molar-refractivity contribution in [1.82, 2.24) is 24.5 Å². The standard InChI is InChI=1S/C41H53ClF3N7O7/c42-32-25-27(24-31(36(32)46)41(43,44)45)26-35(59-40(56)50-15-10-30(11-16-50)52-17-7-28-4-1-2-5-33(28)47-39(52)55)37(53)49-13-8-29(9-14-49)51-12-3-6-34(51)38(54)58-23-20-48-18-21-57-22-19-48/h1-2,4-5,24-25,29-30,34-35H,3,6-23,26,46H2,(H,47,55)/t34-,35-/m1/s1. The topological polar surface area (TPSA) is 150 Å². The number of urea groups is 1. The van der Waals surface area contributed by atoms with Crippen LogP contribution < -0.4 is 11.1 Å². The van der Waals surface area contributed by atoms with Gasteiger partial charge in [-0.3, -0.25) is 19.4 Å². The molecule has 2 aromatic carbocycles. The number of nitrogens with two attached hydrogens (primary N) is 1. The van der Waals surface area contributed by atoms with E-state index in [1.165, 1.54) is 11.0 Å². The van der Waals surface area contributed by atoms with Crippen molar-refractivity contribution >= 4 is 47.0 Å². The lowest BCUT2D eigenvalue weighted by atomic mass is 9.99. The summed E-state index contributed by atoms with van der Waals surface area (Å²) in [6, 6.07) is 9.07. The van der Waals surface area contributed by atoms with E-state index >= 15 is 0 Å². The van der Waals surface area contributed by atoms with Crippen LogP contribution in [0.15, 0.2) is 36.4 Å². The van der Waals surface area contributed by atoms with Gasteiger partial charge >= 0.3 is 24.3 Å². The Morgan fingerprint density at radius 2 is 1.61 bits per heavy atom. The maximum atomic E-state index is 14.2. The first kappa shape index (κ1) is 42.8. The maximum absolute atomic E-state index is 14.2. The summed E-state index contributed by atoms with van der Waals surface area (Å²) in [5.41, 5.74) is 5.79. The van der Waals surface area contributed by atoms with E-state index in [0.717, 1.165) is 43.4 Å². The van der Waals surface area contributed by atoms with Gasteiger partial charge < -0.3 is 40.0 Å². The summed E-state index contributed by atoms with van der Waals surface area (Å²) >= 11 is 6.15. The number of carbonyl (C=O) groups excluding carboxylic acids is 4. The Hall–Kier alpha value is -4.32. The number of benzene rings is 2. The van der Waals surface area contributed by atoms with Gasteiger partial charge in [-0.2, -0.15) is 13.2 Å². The molecule has 0 bridgehead atoms. The zero-order chi connectivity index (χ0) is 41.7. The van der Waals surface area contributed by atoms with Gasteiger partial charge in [0.15, 0.2) is 6.10 Å². The first-order valence-corrected chi connectivity index (χ1v) is 21.0. The average Bonchev–Trinajstić information content (AvgIpc) is 3.66. The number of carbonyl (C=O) groups is 4. The summed E-state index contributed by atoms with van der Waals surface area (Å²) in [4.78, 5) is 63.5. The number of halogens is 4. The molecule has 0 saturated carbocycles. The minimum atomic E-state index is -4.80. The molecule has 0 aromatic heterocycles. The van der Waals surface area contributed by atoms with E-state index in [4.69, 9.17) is 31.5 Å². The van der Waals surface area contributed by atoms with E-state index in [2.05, 4.69) is 15.1 Å². The number of nitrogens with zero attached hydrogens (tertiary/aromatic N) is 5. The normalized spacial score (nSPS) is 22.1. The van der Waals surface area contributed by atoms with Gasteiger partial charge in [0.05, 0.1) is 29.5 Å². The van der Waals surface area contributed by atoms with Crippen LogP contribution in [0.5, 0.6) is 0 Å². The number of hydrogen-bond acceptors (Lipinski definition) is 10. The number of amides is 4. The number of esters is 1. The van der Waals surface area contributed by atoms with Gasteiger partial charge in [0.2, 0.25) is 0 Å². The fourth-order valence-corrected chi connectivity index (χ4v) is 9.25. The van der Waals surface area contributed by atoms with Crippen molar-refractivity contribution in [3.63, 3.8) is 0 Å². The highest BCUT2D eigenvalue weighted by atomic mass is 35.5. The molecule has 4 fully saturated rings. The molecule has 0 aliphatic carbocycles. The van der Waals surface area contributed by atoms with Crippen LogP contribution in [-0.2, 0) is 42.8 Å². The third-order valence-corrected chi connectivity index (χ3v) is 12.6. The molecule has 18 heteroatoms. The van der Waals surface area contributed by atoms with Crippen molar-refractivity contribution in [1.29, 1.82) is 0 Å². The first-order valence-electron chi connectivity index (χ1n) is 20.6. The summed E-state index contributed by atoms with van der Waals surface area (Å²) in [7, 11) is 0. The van der Waals surface area contributed by atoms with Crippen molar-refractivity contribution in [3.05, 3.63) is 58.1 Å². The number of piperidine rings is 2. The lowest BCUT2D eigenvalue weighted by Crippen LogP contribution is -2.53. The van der Waals surface area contributed by atoms with Crippen LogP contribution in [0.3, 0.4) is 0 Å². The van der Waals surface area contributed by atoms with Crippen molar-refractivity contribution < 1.29 is 46.6 Å². The van der Waals surface area contributed by atoms with E-state index in [0.29, 0.717) is 84.5 Å². The molecule has 7 rings (SSSR count). The van der Waals surface area contributed by atoms with Crippen molar-refractivity contribution in [2.24, 2.45) is 0 Å². The molecule has 2 aromatic rings. The van der Waals surface area contributed by atoms with Gasteiger partial charge in [0, 0.05) is 76.5 Å². The Morgan fingerprint density at radius 1 is 0.915 bits per heavy atom. The van der Waals surface area contributed by atoms with Crippen molar-refractivity contribution in [3.8, 4) is 0 Å². The second-order valence-corrected chi connectivity index (χ2v) is 16.3. The van der Waals surface area contributed by atoms with Gasteiger partial charge in [0.25, 0.3) is 5.91 Å². The quantitative estimate of drug-likeness (QED) is 0.251. The van der Waals surface area contributed by atoms with Crippen LogP contribution in [-0.4, -0.2) is 151 Å². The van der Waals surface area contributed by atoms with Crippen molar-refractivity contribution in [2.75, 3.05) is 89.8 Å². The molecule has 59 heavy (non-hydrogen) atoms. The van der Waals surface area contributed by atoms with Gasteiger partial charge in [0.1, 0.15) is 12.6 Å². The number of rotatable bonds is 10. The van der Waals surface area contributed by atoms with Crippen molar-refractivity contribution in [2.45, 2.75) is 81.8 Å². The largest absolute Gasteiger partial charge is 0.463 e. The highest BCUT2D eigenvalue weighted by Gasteiger charge is 2.41. The Balaban J connectivity index is 0.979. The third kappa shape index (κ3) is 10.4. The Kier molecular flexibility index (Phi) is 13.7. The predicted octanol–water partition coefficient (Wildman–Crippen LogP) is 4.87. The zero-order valence-electron chi connectivity index (χ0n) is 33.1. The Bertz CT molecular complexity index is 1830. The molecule has 4 saturated heterocycles. The SMILES string of the molecule is Nc1c(Cl)cc(C[C@@H](OC(=O)N2CCC(N3CCc4ccccc4NC3=O)CC2)C(=O)N2CCC(N3CCC[C@@H]3C(=O)OCCN3CCOCC3)CC2)cc1C(F)(F)F. The second kappa shape index (κ2) is 18.9. The smallest absolute Gasteiger partial charge is 0.418 e. The summed E-state index contributed by atoms with van der Waals surface area (Å²) < 4.78 is 58.8. The van der Waals surface area contributed by atoms with E-state index in [1.54, 1.807) is 9.80 Å². The van der Waals surface area contributed by atoms with Gasteiger partial charge in [-0.15, -0.1) is 0 Å². The summed E-state index contributed by atoms with van der Waals surface area (Å²) in [6.45, 7) is 6.27. The molecule has 14 nitrogen and oxygen atoms in total. The molecule has 3 N–H and O–H groups in total.